The Morgan fingerprint density at radius 3 is 2.53 bits per heavy atom. The van der Waals surface area contributed by atoms with E-state index in [1.165, 1.54) is 0 Å². The highest BCUT2D eigenvalue weighted by molar-refractivity contribution is 7.90. The third-order valence-electron chi connectivity index (χ3n) is 2.86. The molecule has 1 aliphatic rings. The first-order valence-electron chi connectivity index (χ1n) is 6.29. The van der Waals surface area contributed by atoms with E-state index in [-0.39, 0.29) is 11.9 Å². The molecule has 0 unspecified atom stereocenters. The largest absolute Gasteiger partial charge is 0.395 e. The monoisotopic (exact) mass is 279 g/mol. The van der Waals surface area contributed by atoms with Crippen LogP contribution in [0.4, 0.5) is 0 Å². The molecule has 19 heavy (non-hydrogen) atoms. The molecule has 0 radical (unpaired) electrons. The Kier molecular flexibility index (Phi) is 4.59. The molecule has 1 aromatic rings. The minimum atomic E-state index is -3.12. The Morgan fingerprint density at radius 1 is 1.26 bits per heavy atom. The first-order valence-corrected chi connectivity index (χ1v) is 7.83. The molecule has 2 rings (SSSR count). The van der Waals surface area contributed by atoms with Crippen LogP contribution in [0.5, 0.6) is 0 Å². The number of sulfonamides is 1. The van der Waals surface area contributed by atoms with Crippen molar-refractivity contribution in [2.45, 2.75) is 31.1 Å². The molecule has 5 heteroatoms. The summed E-state index contributed by atoms with van der Waals surface area (Å²) >= 11 is 0. The number of benzene rings is 1. The van der Waals surface area contributed by atoms with Crippen LogP contribution in [-0.2, 0) is 16.6 Å². The second-order valence-electron chi connectivity index (χ2n) is 4.54. The lowest BCUT2D eigenvalue weighted by Crippen LogP contribution is -2.26. The van der Waals surface area contributed by atoms with E-state index in [2.05, 4.69) is 16.6 Å². The minimum absolute atomic E-state index is 0.0635. The molecule has 0 saturated heterocycles. The lowest BCUT2D eigenvalue weighted by Gasteiger charge is -2.05. The minimum Gasteiger partial charge on any atom is -0.395 e. The molecular formula is C14H17NO3S. The molecule has 0 heterocycles. The summed E-state index contributed by atoms with van der Waals surface area (Å²) in [6.45, 7) is 0.386. The summed E-state index contributed by atoms with van der Waals surface area (Å²) in [4.78, 5) is 0. The molecule has 0 bridgehead atoms. The molecule has 0 aliphatic heterocycles. The van der Waals surface area contributed by atoms with E-state index in [9.17, 15) is 8.42 Å². The van der Waals surface area contributed by atoms with E-state index in [4.69, 9.17) is 5.11 Å². The first kappa shape index (κ1) is 14.1. The van der Waals surface area contributed by atoms with E-state index in [0.29, 0.717) is 13.0 Å². The van der Waals surface area contributed by atoms with Gasteiger partial charge in [0.1, 0.15) is 0 Å². The van der Waals surface area contributed by atoms with Gasteiger partial charge in [0.2, 0.25) is 10.0 Å². The zero-order valence-electron chi connectivity index (χ0n) is 10.6. The normalized spacial score (nSPS) is 14.8. The van der Waals surface area contributed by atoms with Gasteiger partial charge in [0.25, 0.3) is 0 Å². The second kappa shape index (κ2) is 6.20. The van der Waals surface area contributed by atoms with Gasteiger partial charge in [0.15, 0.2) is 0 Å². The molecule has 1 aromatic carbocycles. The summed E-state index contributed by atoms with van der Waals surface area (Å²) in [6, 6.07) is 7.42. The maximum Gasteiger partial charge on any atom is 0.214 e. The van der Waals surface area contributed by atoms with Crippen molar-refractivity contribution in [1.82, 2.24) is 4.72 Å². The van der Waals surface area contributed by atoms with Crippen molar-refractivity contribution in [2.75, 3.05) is 6.61 Å². The van der Waals surface area contributed by atoms with Crippen LogP contribution < -0.4 is 4.72 Å². The van der Waals surface area contributed by atoms with E-state index in [0.717, 1.165) is 24.0 Å². The van der Waals surface area contributed by atoms with Crippen molar-refractivity contribution < 1.29 is 13.5 Å². The highest BCUT2D eigenvalue weighted by atomic mass is 32.2. The second-order valence-corrected chi connectivity index (χ2v) is 6.58. The van der Waals surface area contributed by atoms with E-state index in [1.807, 2.05) is 24.3 Å². The number of aliphatic hydroxyl groups excluding tert-OH is 1. The van der Waals surface area contributed by atoms with E-state index < -0.39 is 10.0 Å². The molecule has 0 atom stereocenters. The third-order valence-corrected chi connectivity index (χ3v) is 4.76. The van der Waals surface area contributed by atoms with Gasteiger partial charge in [-0.25, -0.2) is 13.1 Å². The molecule has 4 nitrogen and oxygen atoms in total. The average Bonchev–Trinajstić information content (AvgIpc) is 3.23. The molecular weight excluding hydrogens is 262 g/mol. The zero-order chi connectivity index (χ0) is 13.7. The summed E-state index contributed by atoms with van der Waals surface area (Å²) < 4.78 is 25.9. The summed E-state index contributed by atoms with van der Waals surface area (Å²) in [6.07, 6.45) is 2.01. The quantitative estimate of drug-likeness (QED) is 0.790. The molecule has 0 aromatic heterocycles. The van der Waals surface area contributed by atoms with E-state index in [1.54, 1.807) is 0 Å². The first-order chi connectivity index (χ1) is 9.12. The maximum absolute atomic E-state index is 11.7. The number of aliphatic hydroxyl groups is 1. The molecule has 102 valence electrons. The van der Waals surface area contributed by atoms with Crippen molar-refractivity contribution in [3.05, 3.63) is 35.4 Å². The van der Waals surface area contributed by atoms with E-state index >= 15 is 0 Å². The predicted molar refractivity (Wildman–Crippen MR) is 73.8 cm³/mol. The third kappa shape index (κ3) is 4.35. The Morgan fingerprint density at radius 2 is 1.95 bits per heavy atom. The fourth-order valence-corrected chi connectivity index (χ4v) is 2.97. The number of hydrogen-bond donors (Lipinski definition) is 2. The van der Waals surface area contributed by atoms with Gasteiger partial charge in [-0.2, -0.15) is 0 Å². The molecule has 2 N–H and O–H groups in total. The number of nitrogens with one attached hydrogen (secondary N) is 1. The van der Waals surface area contributed by atoms with Crippen LogP contribution in [-0.4, -0.2) is 25.4 Å². The molecule has 1 aliphatic carbocycles. The summed E-state index contributed by atoms with van der Waals surface area (Å²) in [7, 11) is -3.12. The van der Waals surface area contributed by atoms with Gasteiger partial charge >= 0.3 is 0 Å². The van der Waals surface area contributed by atoms with Crippen LogP contribution in [0, 0.1) is 11.8 Å². The van der Waals surface area contributed by atoms with Crippen LogP contribution in [0.2, 0.25) is 0 Å². The molecule has 1 fully saturated rings. The summed E-state index contributed by atoms with van der Waals surface area (Å²) in [5.74, 6) is 5.76. The van der Waals surface area contributed by atoms with Gasteiger partial charge in [-0.05, 0) is 30.5 Å². The number of hydrogen-bond acceptors (Lipinski definition) is 3. The Labute approximate surface area is 113 Å². The standard InChI is InChI=1S/C14H17NO3S/c16-10-2-1-3-12-4-6-13(7-5-12)11-15-19(17,18)14-8-9-14/h4-7,14-16H,2,8-11H2. The van der Waals surface area contributed by atoms with Crippen LogP contribution >= 0.6 is 0 Å². The van der Waals surface area contributed by atoms with Crippen molar-refractivity contribution in [3.8, 4) is 11.8 Å². The molecule has 0 spiro atoms. The highest BCUT2D eigenvalue weighted by Gasteiger charge is 2.35. The Balaban J connectivity index is 1.90. The van der Waals surface area contributed by atoms with Crippen LogP contribution in [0.3, 0.4) is 0 Å². The average molecular weight is 279 g/mol. The van der Waals surface area contributed by atoms with Crippen molar-refractivity contribution in [3.63, 3.8) is 0 Å². The van der Waals surface area contributed by atoms with Crippen LogP contribution in [0.1, 0.15) is 30.4 Å². The fourth-order valence-electron chi connectivity index (χ4n) is 1.61. The van der Waals surface area contributed by atoms with Crippen molar-refractivity contribution in [1.29, 1.82) is 0 Å². The lowest BCUT2D eigenvalue weighted by molar-refractivity contribution is 0.305. The van der Waals surface area contributed by atoms with Gasteiger partial charge in [-0.1, -0.05) is 24.0 Å². The van der Waals surface area contributed by atoms with Gasteiger partial charge < -0.3 is 5.11 Å². The van der Waals surface area contributed by atoms with Crippen molar-refractivity contribution in [2.24, 2.45) is 0 Å². The number of rotatable bonds is 5. The maximum atomic E-state index is 11.7. The predicted octanol–water partition coefficient (Wildman–Crippen LogP) is 1.00. The summed E-state index contributed by atoms with van der Waals surface area (Å²) in [5.41, 5.74) is 1.78. The smallest absolute Gasteiger partial charge is 0.214 e. The van der Waals surface area contributed by atoms with Crippen LogP contribution in [0.15, 0.2) is 24.3 Å². The Hall–Kier alpha value is -1.35. The van der Waals surface area contributed by atoms with Crippen molar-refractivity contribution >= 4 is 10.0 Å². The Bertz CT molecular complexity index is 577. The summed E-state index contributed by atoms with van der Waals surface area (Å²) in [5, 5.41) is 8.43. The fraction of sp³-hybridized carbons (Fsp3) is 0.429. The molecule has 1 saturated carbocycles. The van der Waals surface area contributed by atoms with Crippen LogP contribution in [0.25, 0.3) is 0 Å². The van der Waals surface area contributed by atoms with Gasteiger partial charge in [0.05, 0.1) is 11.9 Å². The molecule has 0 amide bonds. The zero-order valence-corrected chi connectivity index (χ0v) is 11.4. The van der Waals surface area contributed by atoms with Gasteiger partial charge in [-0.15, -0.1) is 0 Å². The SMILES string of the molecule is O=S(=O)(NCc1ccc(C#CCCO)cc1)C1CC1. The van der Waals surface area contributed by atoms with Gasteiger partial charge in [0, 0.05) is 18.5 Å². The highest BCUT2D eigenvalue weighted by Crippen LogP contribution is 2.27. The van der Waals surface area contributed by atoms with Gasteiger partial charge in [-0.3, -0.25) is 0 Å². The topological polar surface area (TPSA) is 66.4 Å². The lowest BCUT2D eigenvalue weighted by atomic mass is 10.1.